The van der Waals surface area contributed by atoms with Gasteiger partial charge in [0.1, 0.15) is 0 Å². The summed E-state index contributed by atoms with van der Waals surface area (Å²) in [4.78, 5) is 22.6. The highest BCUT2D eigenvalue weighted by Crippen LogP contribution is 2.18. The van der Waals surface area contributed by atoms with Gasteiger partial charge in [0.05, 0.1) is 6.26 Å². The van der Waals surface area contributed by atoms with Gasteiger partial charge in [-0.1, -0.05) is 30.3 Å². The Balaban J connectivity index is 2.18. The van der Waals surface area contributed by atoms with Crippen molar-refractivity contribution in [2.24, 2.45) is 5.73 Å². The van der Waals surface area contributed by atoms with Crippen LogP contribution in [0.3, 0.4) is 0 Å². The molecule has 0 unspecified atom stereocenters. The fraction of sp³-hybridized carbons (Fsp3) is 0.200. The average molecular weight is 288 g/mol. The molecule has 2 rings (SSSR count). The maximum atomic E-state index is 11.8. The number of carbonyl (C=O) groups is 2. The van der Waals surface area contributed by atoms with E-state index in [0.29, 0.717) is 0 Å². The topological polar surface area (TPSA) is 102 Å². The minimum Gasteiger partial charge on any atom is -0.463 e. The van der Waals surface area contributed by atoms with E-state index in [1.165, 1.54) is 0 Å². The lowest BCUT2D eigenvalue weighted by molar-refractivity contribution is -0.706. The molecule has 0 saturated heterocycles. The Bertz CT molecular complexity index is 596. The van der Waals surface area contributed by atoms with E-state index in [9.17, 15) is 9.59 Å². The number of nitrogens with two attached hydrogens (primary N) is 2. The number of rotatable bonds is 5. The van der Waals surface area contributed by atoms with Crippen LogP contribution in [0.4, 0.5) is 4.79 Å². The first-order chi connectivity index (χ1) is 10.1. The fourth-order valence-corrected chi connectivity index (χ4v) is 2.11. The Kier molecular flexibility index (Phi) is 4.73. The molecule has 0 aliphatic heterocycles. The van der Waals surface area contributed by atoms with Crippen molar-refractivity contribution in [2.75, 3.05) is 0 Å². The van der Waals surface area contributed by atoms with Crippen molar-refractivity contribution in [3.05, 3.63) is 60.1 Å². The van der Waals surface area contributed by atoms with E-state index in [4.69, 9.17) is 10.2 Å². The maximum Gasteiger partial charge on any atom is 0.319 e. The Morgan fingerprint density at radius 3 is 2.48 bits per heavy atom. The molecular weight excluding hydrogens is 270 g/mol. The predicted octanol–water partition coefficient (Wildman–Crippen LogP) is 0.516. The number of amides is 3. The molecule has 0 saturated carbocycles. The van der Waals surface area contributed by atoms with Crippen LogP contribution >= 0.6 is 0 Å². The van der Waals surface area contributed by atoms with Gasteiger partial charge in [-0.15, -0.1) is 0 Å². The number of nitrogens with one attached hydrogen (secondary N) is 1. The molecule has 0 radical (unpaired) electrons. The number of hydrogen-bond donors (Lipinski definition) is 3. The van der Waals surface area contributed by atoms with Crippen LogP contribution in [-0.4, -0.2) is 18.0 Å². The highest BCUT2D eigenvalue weighted by molar-refractivity contribution is 5.95. The average Bonchev–Trinajstić information content (AvgIpc) is 2.98. The van der Waals surface area contributed by atoms with E-state index in [2.05, 4.69) is 5.32 Å². The third-order valence-electron chi connectivity index (χ3n) is 3.15. The van der Waals surface area contributed by atoms with Crippen LogP contribution < -0.4 is 16.4 Å². The smallest absolute Gasteiger partial charge is 0.319 e. The van der Waals surface area contributed by atoms with Crippen LogP contribution in [0.1, 0.15) is 24.3 Å². The minimum atomic E-state index is -0.852. The van der Waals surface area contributed by atoms with Gasteiger partial charge in [-0.2, -0.15) is 0 Å². The molecule has 2 atom stereocenters. The summed E-state index contributed by atoms with van der Waals surface area (Å²) in [5.41, 5.74) is 5.97. The van der Waals surface area contributed by atoms with Gasteiger partial charge in [0, 0.05) is 5.56 Å². The van der Waals surface area contributed by atoms with Crippen molar-refractivity contribution in [2.45, 2.75) is 19.0 Å². The van der Waals surface area contributed by atoms with E-state index in [1.807, 2.05) is 41.7 Å². The molecule has 1 aromatic heterocycles. The van der Waals surface area contributed by atoms with E-state index in [-0.39, 0.29) is 6.04 Å². The molecule has 0 aliphatic rings. The van der Waals surface area contributed by atoms with Gasteiger partial charge in [0.15, 0.2) is 17.8 Å². The number of furan rings is 1. The van der Waals surface area contributed by atoms with E-state index in [1.54, 1.807) is 19.3 Å². The largest absolute Gasteiger partial charge is 0.463 e. The Hall–Kier alpha value is -2.60. The minimum absolute atomic E-state index is 0.171. The van der Waals surface area contributed by atoms with Gasteiger partial charge in [-0.05, 0) is 19.1 Å². The zero-order valence-corrected chi connectivity index (χ0v) is 11.7. The highest BCUT2D eigenvalue weighted by atomic mass is 16.3. The zero-order valence-electron chi connectivity index (χ0n) is 11.7. The summed E-state index contributed by atoms with van der Waals surface area (Å²) in [6.07, 6.45) is 1.59. The third-order valence-corrected chi connectivity index (χ3v) is 3.15. The molecule has 0 bridgehead atoms. The highest BCUT2D eigenvalue weighted by Gasteiger charge is 2.27. The first kappa shape index (κ1) is 14.8. The van der Waals surface area contributed by atoms with Gasteiger partial charge >= 0.3 is 6.03 Å². The SMILES string of the molecule is C[C@H]([NH2+][C@H](c1ccccc1)c1ccco1)C(=O)NC(N)=O. The van der Waals surface area contributed by atoms with Gasteiger partial charge < -0.3 is 15.5 Å². The summed E-state index contributed by atoms with van der Waals surface area (Å²) in [6.45, 7) is 1.71. The fourth-order valence-electron chi connectivity index (χ4n) is 2.11. The standard InChI is InChI=1S/C15H17N3O3/c1-10(14(19)18-15(16)20)17-13(12-8-5-9-21-12)11-6-3-2-4-7-11/h2-10,13,17H,1H3,(H3,16,18,19,20)/p+1/t10-,13+/m0/s1. The molecule has 21 heavy (non-hydrogen) atoms. The lowest BCUT2D eigenvalue weighted by Gasteiger charge is -2.18. The molecule has 1 aromatic carbocycles. The molecule has 0 aliphatic carbocycles. The molecule has 110 valence electrons. The lowest BCUT2D eigenvalue weighted by Crippen LogP contribution is -2.93. The second-order valence-electron chi connectivity index (χ2n) is 4.74. The number of hydrogen-bond acceptors (Lipinski definition) is 3. The third kappa shape index (κ3) is 3.93. The predicted molar refractivity (Wildman–Crippen MR) is 76.1 cm³/mol. The Morgan fingerprint density at radius 2 is 1.90 bits per heavy atom. The van der Waals surface area contributed by atoms with Gasteiger partial charge in [-0.25, -0.2) is 4.79 Å². The zero-order chi connectivity index (χ0) is 15.2. The van der Waals surface area contributed by atoms with Gasteiger partial charge in [0.25, 0.3) is 5.91 Å². The maximum absolute atomic E-state index is 11.8. The van der Waals surface area contributed by atoms with Crippen LogP contribution in [0.5, 0.6) is 0 Å². The molecule has 2 aromatic rings. The van der Waals surface area contributed by atoms with Crippen molar-refractivity contribution < 1.29 is 19.3 Å². The van der Waals surface area contributed by atoms with Crippen LogP contribution in [-0.2, 0) is 4.79 Å². The summed E-state index contributed by atoms with van der Waals surface area (Å²) in [5.74, 6) is 0.301. The second-order valence-corrected chi connectivity index (χ2v) is 4.74. The Labute approximate surface area is 122 Å². The first-order valence-corrected chi connectivity index (χ1v) is 6.61. The van der Waals surface area contributed by atoms with Crippen molar-refractivity contribution in [1.82, 2.24) is 5.32 Å². The summed E-state index contributed by atoms with van der Waals surface area (Å²) in [5, 5.41) is 3.91. The monoisotopic (exact) mass is 288 g/mol. The first-order valence-electron chi connectivity index (χ1n) is 6.61. The number of primary amides is 1. The van der Waals surface area contributed by atoms with E-state index in [0.717, 1.165) is 11.3 Å². The summed E-state index contributed by atoms with van der Waals surface area (Å²) in [7, 11) is 0. The summed E-state index contributed by atoms with van der Waals surface area (Å²) < 4.78 is 5.46. The Morgan fingerprint density at radius 1 is 1.19 bits per heavy atom. The van der Waals surface area contributed by atoms with Gasteiger partial charge in [-0.3, -0.25) is 10.1 Å². The van der Waals surface area contributed by atoms with Crippen LogP contribution in [0.15, 0.2) is 53.1 Å². The lowest BCUT2D eigenvalue weighted by atomic mass is 10.0. The molecule has 1 heterocycles. The van der Waals surface area contributed by atoms with Crippen LogP contribution in [0.2, 0.25) is 0 Å². The molecule has 0 spiro atoms. The van der Waals surface area contributed by atoms with Crippen molar-refractivity contribution in [3.63, 3.8) is 0 Å². The molecule has 6 heteroatoms. The number of benzene rings is 1. The number of imide groups is 1. The summed E-state index contributed by atoms with van der Waals surface area (Å²) >= 11 is 0. The number of urea groups is 1. The van der Waals surface area contributed by atoms with Crippen LogP contribution in [0, 0.1) is 0 Å². The molecule has 6 nitrogen and oxygen atoms in total. The van der Waals surface area contributed by atoms with Gasteiger partial charge in [0.2, 0.25) is 0 Å². The van der Waals surface area contributed by atoms with Crippen molar-refractivity contribution in [3.8, 4) is 0 Å². The summed E-state index contributed by atoms with van der Waals surface area (Å²) in [6, 6.07) is 11.8. The molecule has 0 fully saturated rings. The van der Waals surface area contributed by atoms with Crippen molar-refractivity contribution >= 4 is 11.9 Å². The molecule has 5 N–H and O–H groups in total. The van der Waals surface area contributed by atoms with Crippen LogP contribution in [0.25, 0.3) is 0 Å². The van der Waals surface area contributed by atoms with Crippen molar-refractivity contribution in [1.29, 1.82) is 0 Å². The molecule has 3 amide bonds. The number of carbonyl (C=O) groups excluding carboxylic acids is 2. The molecular formula is C15H18N3O3+. The van der Waals surface area contributed by atoms with E-state index < -0.39 is 18.0 Å². The van der Waals surface area contributed by atoms with E-state index >= 15 is 0 Å². The normalized spacial score (nSPS) is 13.4. The second kappa shape index (κ2) is 6.71. The quantitative estimate of drug-likeness (QED) is 0.747. The number of quaternary nitrogens is 1.